The van der Waals surface area contributed by atoms with E-state index in [1.54, 1.807) is 0 Å². The first-order valence-electron chi connectivity index (χ1n) is 6.56. The highest BCUT2D eigenvalue weighted by molar-refractivity contribution is 7.89. The maximum atomic E-state index is 13.3. The van der Waals surface area contributed by atoms with Crippen LogP contribution in [0.2, 0.25) is 0 Å². The molecule has 1 aromatic carbocycles. The van der Waals surface area contributed by atoms with E-state index in [4.69, 9.17) is 5.73 Å². The van der Waals surface area contributed by atoms with Crippen molar-refractivity contribution in [3.8, 4) is 0 Å². The van der Waals surface area contributed by atoms with E-state index >= 15 is 0 Å². The molecule has 0 bridgehead atoms. The maximum Gasteiger partial charge on any atom is 0.240 e. The van der Waals surface area contributed by atoms with E-state index in [0.29, 0.717) is 0 Å². The number of nitrogen functional groups attached to an aromatic ring is 1. The predicted molar refractivity (Wildman–Crippen MR) is 72.6 cm³/mol. The lowest BCUT2D eigenvalue weighted by molar-refractivity contribution is 0.509. The van der Waals surface area contributed by atoms with Crippen LogP contribution in [0, 0.1) is 5.82 Å². The molecule has 1 aliphatic carbocycles. The fourth-order valence-electron chi connectivity index (χ4n) is 2.36. The molecule has 0 aliphatic heterocycles. The Bertz CT molecular complexity index is 538. The van der Waals surface area contributed by atoms with Crippen LogP contribution in [0.25, 0.3) is 0 Å². The standard InChI is InChI=1S/C13H19FN2O2S/c14-12-9-11(7-8-13(12)15)19(17,18)16-10-5-3-1-2-4-6-10/h7-10,16H,1-6,15H2. The number of rotatable bonds is 3. The van der Waals surface area contributed by atoms with Gasteiger partial charge in [0.25, 0.3) is 0 Å². The van der Waals surface area contributed by atoms with Crippen molar-refractivity contribution >= 4 is 15.7 Å². The van der Waals surface area contributed by atoms with Gasteiger partial charge in [-0.3, -0.25) is 0 Å². The summed E-state index contributed by atoms with van der Waals surface area (Å²) >= 11 is 0. The minimum Gasteiger partial charge on any atom is -0.396 e. The van der Waals surface area contributed by atoms with E-state index in [2.05, 4.69) is 4.72 Å². The second-order valence-electron chi connectivity index (χ2n) is 4.99. The lowest BCUT2D eigenvalue weighted by Gasteiger charge is -2.16. The predicted octanol–water partition coefficient (Wildman–Crippen LogP) is 2.41. The minimum absolute atomic E-state index is 0.0478. The third-order valence-electron chi connectivity index (χ3n) is 3.46. The van der Waals surface area contributed by atoms with Gasteiger partial charge >= 0.3 is 0 Å². The average molecular weight is 286 g/mol. The van der Waals surface area contributed by atoms with Crippen LogP contribution in [0.15, 0.2) is 23.1 Å². The first-order valence-corrected chi connectivity index (χ1v) is 8.05. The van der Waals surface area contributed by atoms with Crippen molar-refractivity contribution < 1.29 is 12.8 Å². The molecule has 0 atom stereocenters. The Balaban J connectivity index is 2.14. The molecule has 4 nitrogen and oxygen atoms in total. The molecule has 0 unspecified atom stereocenters. The molecular formula is C13H19FN2O2S. The molecule has 1 saturated carbocycles. The summed E-state index contributed by atoms with van der Waals surface area (Å²) in [6, 6.07) is 3.52. The van der Waals surface area contributed by atoms with Crippen LogP contribution < -0.4 is 10.5 Å². The number of halogens is 1. The molecule has 0 aromatic heterocycles. The number of hydrogen-bond donors (Lipinski definition) is 2. The van der Waals surface area contributed by atoms with Gasteiger partial charge in [0.15, 0.2) is 0 Å². The molecule has 1 aliphatic rings. The maximum absolute atomic E-state index is 13.3. The molecular weight excluding hydrogens is 267 g/mol. The Hall–Kier alpha value is -1.14. The van der Waals surface area contributed by atoms with Crippen LogP contribution in [0.3, 0.4) is 0 Å². The zero-order valence-corrected chi connectivity index (χ0v) is 11.5. The summed E-state index contributed by atoms with van der Waals surface area (Å²) in [5.74, 6) is -0.705. The quantitative estimate of drug-likeness (QED) is 0.662. The lowest BCUT2D eigenvalue weighted by Crippen LogP contribution is -2.34. The second-order valence-corrected chi connectivity index (χ2v) is 6.71. The summed E-state index contributed by atoms with van der Waals surface area (Å²) in [7, 11) is -3.66. The minimum atomic E-state index is -3.66. The fraction of sp³-hybridized carbons (Fsp3) is 0.538. The highest BCUT2D eigenvalue weighted by Gasteiger charge is 2.21. The van der Waals surface area contributed by atoms with Crippen LogP contribution in [0.4, 0.5) is 10.1 Å². The number of hydrogen-bond acceptors (Lipinski definition) is 3. The van der Waals surface area contributed by atoms with Gasteiger partial charge in [-0.2, -0.15) is 0 Å². The van der Waals surface area contributed by atoms with Crippen molar-refractivity contribution in [3.05, 3.63) is 24.0 Å². The molecule has 1 aromatic rings. The normalized spacial score (nSPS) is 18.2. The second kappa shape index (κ2) is 5.88. The van der Waals surface area contributed by atoms with Gasteiger partial charge < -0.3 is 5.73 Å². The topological polar surface area (TPSA) is 72.2 Å². The van der Waals surface area contributed by atoms with Crippen molar-refractivity contribution in [3.63, 3.8) is 0 Å². The third-order valence-corrected chi connectivity index (χ3v) is 4.98. The van der Waals surface area contributed by atoms with Crippen molar-refractivity contribution in [2.75, 3.05) is 5.73 Å². The Morgan fingerprint density at radius 3 is 2.37 bits per heavy atom. The van der Waals surface area contributed by atoms with Gasteiger partial charge in [0.05, 0.1) is 10.6 Å². The van der Waals surface area contributed by atoms with E-state index in [9.17, 15) is 12.8 Å². The van der Waals surface area contributed by atoms with Crippen molar-refractivity contribution in [2.45, 2.75) is 49.5 Å². The van der Waals surface area contributed by atoms with E-state index in [0.717, 1.165) is 44.6 Å². The Morgan fingerprint density at radius 2 is 1.79 bits per heavy atom. The monoisotopic (exact) mass is 286 g/mol. The van der Waals surface area contributed by atoms with Gasteiger partial charge in [-0.1, -0.05) is 25.7 Å². The van der Waals surface area contributed by atoms with Gasteiger partial charge in [0.1, 0.15) is 5.82 Å². The lowest BCUT2D eigenvalue weighted by atomic mass is 10.1. The highest BCUT2D eigenvalue weighted by atomic mass is 32.2. The Labute approximate surface area is 113 Å². The summed E-state index contributed by atoms with van der Waals surface area (Å²) in [5, 5.41) is 0. The molecule has 0 spiro atoms. The summed E-state index contributed by atoms with van der Waals surface area (Å²) < 4.78 is 40.3. The molecule has 1 fully saturated rings. The first-order chi connectivity index (χ1) is 8.99. The molecule has 0 amide bonds. The van der Waals surface area contributed by atoms with Crippen molar-refractivity contribution in [2.24, 2.45) is 0 Å². The zero-order valence-electron chi connectivity index (χ0n) is 10.7. The van der Waals surface area contributed by atoms with E-state index < -0.39 is 15.8 Å². The Kier molecular flexibility index (Phi) is 4.42. The van der Waals surface area contributed by atoms with Gasteiger partial charge in [-0.25, -0.2) is 17.5 Å². The van der Waals surface area contributed by atoms with Gasteiger partial charge in [-0.05, 0) is 31.0 Å². The van der Waals surface area contributed by atoms with E-state index in [-0.39, 0.29) is 16.6 Å². The number of anilines is 1. The molecule has 0 saturated heterocycles. The van der Waals surface area contributed by atoms with Crippen molar-refractivity contribution in [1.29, 1.82) is 0 Å². The SMILES string of the molecule is Nc1ccc(S(=O)(=O)NC2CCCCCC2)cc1F. The largest absolute Gasteiger partial charge is 0.396 e. The average Bonchev–Trinajstić information content (AvgIpc) is 2.60. The Morgan fingerprint density at radius 1 is 1.16 bits per heavy atom. The number of nitrogens with two attached hydrogens (primary N) is 1. The van der Waals surface area contributed by atoms with Gasteiger partial charge in [0.2, 0.25) is 10.0 Å². The smallest absolute Gasteiger partial charge is 0.240 e. The molecule has 2 rings (SSSR count). The molecule has 19 heavy (non-hydrogen) atoms. The molecule has 106 valence electrons. The zero-order chi connectivity index (χ0) is 13.9. The van der Waals surface area contributed by atoms with E-state index in [1.807, 2.05) is 0 Å². The molecule has 6 heteroatoms. The van der Waals surface area contributed by atoms with Crippen molar-refractivity contribution in [1.82, 2.24) is 4.72 Å². The first kappa shape index (κ1) is 14.3. The summed E-state index contributed by atoms with van der Waals surface area (Å²) in [4.78, 5) is -0.0663. The molecule has 0 radical (unpaired) electrons. The summed E-state index contributed by atoms with van der Waals surface area (Å²) in [6.45, 7) is 0. The number of nitrogens with one attached hydrogen (secondary N) is 1. The highest BCUT2D eigenvalue weighted by Crippen LogP contribution is 2.21. The molecule has 0 heterocycles. The molecule has 3 N–H and O–H groups in total. The third kappa shape index (κ3) is 3.67. The number of sulfonamides is 1. The summed E-state index contributed by atoms with van der Waals surface area (Å²) in [5.41, 5.74) is 5.30. The van der Waals surface area contributed by atoms with Gasteiger partial charge in [-0.15, -0.1) is 0 Å². The van der Waals surface area contributed by atoms with Crippen LogP contribution in [0.1, 0.15) is 38.5 Å². The van der Waals surface area contributed by atoms with Crippen LogP contribution in [0.5, 0.6) is 0 Å². The summed E-state index contributed by atoms with van der Waals surface area (Å²) in [6.07, 6.45) is 6.05. The fourth-order valence-corrected chi connectivity index (χ4v) is 3.68. The van der Waals surface area contributed by atoms with Crippen LogP contribution >= 0.6 is 0 Å². The van der Waals surface area contributed by atoms with Crippen LogP contribution in [-0.4, -0.2) is 14.5 Å². The number of benzene rings is 1. The van der Waals surface area contributed by atoms with Gasteiger partial charge in [0, 0.05) is 6.04 Å². The van der Waals surface area contributed by atoms with Crippen LogP contribution in [-0.2, 0) is 10.0 Å². The van der Waals surface area contributed by atoms with E-state index in [1.165, 1.54) is 12.1 Å².